The normalized spacial score (nSPS) is 15.8. The second kappa shape index (κ2) is 17.2. The summed E-state index contributed by atoms with van der Waals surface area (Å²) >= 11 is -2.26. The van der Waals surface area contributed by atoms with Gasteiger partial charge >= 0.3 is 176 Å². The Balaban J connectivity index is 5.38. The molecule has 0 aliphatic heterocycles. The molecule has 3 heteroatoms. The number of aliphatic hydroxyl groups is 1. The van der Waals surface area contributed by atoms with Gasteiger partial charge in [-0.1, -0.05) is 0 Å². The van der Waals surface area contributed by atoms with Crippen molar-refractivity contribution < 1.29 is 9.84 Å². The summed E-state index contributed by atoms with van der Waals surface area (Å²) in [6.07, 6.45) is 17.3. The molecule has 0 aliphatic carbocycles. The van der Waals surface area contributed by atoms with Crippen LogP contribution in [-0.4, -0.2) is 35.7 Å². The van der Waals surface area contributed by atoms with E-state index in [1.54, 1.807) is 13.3 Å². The van der Waals surface area contributed by atoms with E-state index >= 15 is 0 Å². The molecule has 0 saturated heterocycles. The fraction of sp³-hybridized carbons (Fsp3) is 0.917. The Morgan fingerprint density at radius 2 is 1.30 bits per heavy atom. The summed E-state index contributed by atoms with van der Waals surface area (Å²) in [7, 11) is 0. The number of aliphatic hydroxyl groups excluding tert-OH is 1. The predicted molar refractivity (Wildman–Crippen MR) is 124 cm³/mol. The Morgan fingerprint density at radius 1 is 0.815 bits per heavy atom. The minimum atomic E-state index is -2.26. The van der Waals surface area contributed by atoms with Crippen LogP contribution in [0.1, 0.15) is 106 Å². The second-order valence-electron chi connectivity index (χ2n) is 8.78. The first-order valence-electron chi connectivity index (χ1n) is 12.0. The molecule has 162 valence electrons. The van der Waals surface area contributed by atoms with E-state index in [0.717, 1.165) is 3.93 Å². The van der Waals surface area contributed by atoms with Crippen LogP contribution in [0.2, 0.25) is 17.2 Å². The Bertz CT molecular complexity index is 333. The molecular weight excluding hydrogens is 439 g/mol. The van der Waals surface area contributed by atoms with Crippen molar-refractivity contribution in [2.45, 2.75) is 135 Å². The van der Waals surface area contributed by atoms with E-state index in [-0.39, 0.29) is 12.2 Å². The van der Waals surface area contributed by atoms with E-state index < -0.39 is 18.4 Å². The molecule has 0 aromatic heterocycles. The van der Waals surface area contributed by atoms with Gasteiger partial charge in [0.05, 0.1) is 0 Å². The minimum absolute atomic E-state index is 0.0969. The van der Waals surface area contributed by atoms with Gasteiger partial charge in [-0.15, -0.1) is 0 Å². The summed E-state index contributed by atoms with van der Waals surface area (Å²) in [5.74, 6) is 0. The van der Waals surface area contributed by atoms with E-state index in [9.17, 15) is 5.11 Å². The molecule has 0 saturated carbocycles. The van der Waals surface area contributed by atoms with Gasteiger partial charge in [-0.2, -0.15) is 0 Å². The number of hydrogen-bond acceptors (Lipinski definition) is 2. The first-order valence-corrected chi connectivity index (χ1v) is 19.7. The van der Waals surface area contributed by atoms with Crippen molar-refractivity contribution in [3.8, 4) is 0 Å². The van der Waals surface area contributed by atoms with Crippen LogP contribution in [0.5, 0.6) is 0 Å². The van der Waals surface area contributed by atoms with Crippen LogP contribution in [0, 0.1) is 0 Å². The molecule has 0 unspecified atom stereocenters. The van der Waals surface area contributed by atoms with Gasteiger partial charge in [-0.3, -0.25) is 0 Å². The standard InChI is InChI=1S/C12H23O2.3C4H9.Sn/c1-4-5-6-7-8-9-14-12(3)10-11(2)13;3*1-3-4-2;/h7-9,11-13H,4-6,10H2,1-3H3;3*1,3-4H2,2H3;/b9-8-;;;;/t11-,12-;;;;/m1..../s1. The van der Waals surface area contributed by atoms with Crippen molar-refractivity contribution in [2.24, 2.45) is 0 Å². The van der Waals surface area contributed by atoms with Crippen molar-refractivity contribution in [3.63, 3.8) is 0 Å². The summed E-state index contributed by atoms with van der Waals surface area (Å²) in [6.45, 7) is 13.3. The van der Waals surface area contributed by atoms with E-state index in [1.165, 1.54) is 57.8 Å². The number of rotatable bonds is 18. The third-order valence-corrected chi connectivity index (χ3v) is 23.5. The van der Waals surface area contributed by atoms with E-state index in [2.05, 4.69) is 40.7 Å². The van der Waals surface area contributed by atoms with Gasteiger partial charge in [0.2, 0.25) is 0 Å². The van der Waals surface area contributed by atoms with Gasteiger partial charge in [0, 0.05) is 0 Å². The molecule has 3 atom stereocenters. The number of allylic oxidation sites excluding steroid dienone is 1. The molecule has 0 radical (unpaired) electrons. The fourth-order valence-corrected chi connectivity index (χ4v) is 22.4. The summed E-state index contributed by atoms with van der Waals surface area (Å²) < 4.78 is 11.5. The zero-order valence-corrected chi connectivity index (χ0v) is 22.3. The summed E-state index contributed by atoms with van der Waals surface area (Å²) in [5, 5.41) is 9.57. The van der Waals surface area contributed by atoms with Crippen molar-refractivity contribution in [2.75, 3.05) is 0 Å². The molecule has 0 spiro atoms. The zero-order valence-electron chi connectivity index (χ0n) is 19.4. The van der Waals surface area contributed by atoms with E-state index in [0.29, 0.717) is 6.42 Å². The Hall–Kier alpha value is 0.299. The Morgan fingerprint density at radius 3 is 1.70 bits per heavy atom. The van der Waals surface area contributed by atoms with Gasteiger partial charge < -0.3 is 0 Å². The molecule has 0 fully saturated rings. The van der Waals surface area contributed by atoms with Gasteiger partial charge in [0.15, 0.2) is 0 Å². The molecule has 0 aromatic rings. The number of unbranched alkanes of at least 4 members (excludes halogenated alkanes) is 4. The molecule has 27 heavy (non-hydrogen) atoms. The average molecular weight is 489 g/mol. The third-order valence-electron chi connectivity index (χ3n) is 6.03. The SMILES string of the molecule is CCCC[C@H](/C=C\O[C@H](C)C[C@@H](C)O)[Sn]([CH2]CCC)([CH2]CCC)[CH2]CCC. The average Bonchev–Trinajstić information content (AvgIpc) is 2.64. The first-order chi connectivity index (χ1) is 13.0. The molecule has 0 amide bonds. The summed E-state index contributed by atoms with van der Waals surface area (Å²) in [4.78, 5) is 0. The van der Waals surface area contributed by atoms with Gasteiger partial charge in [0.1, 0.15) is 0 Å². The predicted octanol–water partition coefficient (Wildman–Crippen LogP) is 8.09. The van der Waals surface area contributed by atoms with Crippen LogP contribution in [-0.2, 0) is 4.74 Å². The van der Waals surface area contributed by atoms with Crippen LogP contribution in [0.4, 0.5) is 0 Å². The number of ether oxygens (including phenoxy) is 1. The van der Waals surface area contributed by atoms with Crippen molar-refractivity contribution in [1.82, 2.24) is 0 Å². The molecule has 1 N–H and O–H groups in total. The molecule has 0 heterocycles. The van der Waals surface area contributed by atoms with Gasteiger partial charge in [-0.25, -0.2) is 0 Å². The molecular formula is C24H50O2Sn. The Labute approximate surface area is 175 Å². The van der Waals surface area contributed by atoms with Gasteiger partial charge in [-0.05, 0) is 0 Å². The van der Waals surface area contributed by atoms with Crippen LogP contribution in [0.3, 0.4) is 0 Å². The molecule has 0 aliphatic rings. The Kier molecular flexibility index (Phi) is 17.4. The topological polar surface area (TPSA) is 29.5 Å². The van der Waals surface area contributed by atoms with Gasteiger partial charge in [0.25, 0.3) is 0 Å². The summed E-state index contributed by atoms with van der Waals surface area (Å²) in [6, 6.07) is 0. The molecule has 0 aromatic carbocycles. The molecule has 2 nitrogen and oxygen atoms in total. The third kappa shape index (κ3) is 12.5. The summed E-state index contributed by atoms with van der Waals surface area (Å²) in [5.41, 5.74) is 0. The van der Waals surface area contributed by atoms with Crippen LogP contribution >= 0.6 is 0 Å². The maximum atomic E-state index is 9.57. The quantitative estimate of drug-likeness (QED) is 0.156. The van der Waals surface area contributed by atoms with E-state index in [1.807, 2.05) is 13.2 Å². The zero-order chi connectivity index (χ0) is 20.5. The molecule has 0 rings (SSSR count). The van der Waals surface area contributed by atoms with Crippen molar-refractivity contribution in [1.29, 1.82) is 0 Å². The molecule has 0 bridgehead atoms. The first kappa shape index (κ1) is 27.3. The van der Waals surface area contributed by atoms with Crippen LogP contribution in [0.15, 0.2) is 12.3 Å². The van der Waals surface area contributed by atoms with Crippen LogP contribution in [0.25, 0.3) is 0 Å². The number of hydrogen-bond donors (Lipinski definition) is 1. The second-order valence-corrected chi connectivity index (χ2v) is 23.0. The monoisotopic (exact) mass is 490 g/mol. The van der Waals surface area contributed by atoms with Crippen LogP contribution < -0.4 is 0 Å². The maximum absolute atomic E-state index is 9.57. The van der Waals surface area contributed by atoms with Crippen molar-refractivity contribution >= 4 is 18.4 Å². The fourth-order valence-electron chi connectivity index (χ4n) is 4.36. The van der Waals surface area contributed by atoms with E-state index in [4.69, 9.17) is 4.74 Å². The van der Waals surface area contributed by atoms with Crippen molar-refractivity contribution in [3.05, 3.63) is 12.3 Å².